The van der Waals surface area contributed by atoms with Crippen molar-refractivity contribution in [3.05, 3.63) is 29.6 Å². The Balaban J connectivity index is 2.06. The summed E-state index contributed by atoms with van der Waals surface area (Å²) in [6, 6.07) is 4.92. The number of aryl methyl sites for hydroxylation is 1. The molecule has 0 heterocycles. The molecule has 0 spiro atoms. The van der Waals surface area contributed by atoms with Crippen molar-refractivity contribution in [3.8, 4) is 0 Å². The van der Waals surface area contributed by atoms with Crippen molar-refractivity contribution < 1.29 is 12.8 Å². The first kappa shape index (κ1) is 14.3. The molecule has 0 bridgehead atoms. The molecule has 0 saturated heterocycles. The van der Waals surface area contributed by atoms with E-state index in [1.54, 1.807) is 0 Å². The molecule has 19 heavy (non-hydrogen) atoms. The zero-order valence-corrected chi connectivity index (χ0v) is 12.1. The van der Waals surface area contributed by atoms with Crippen molar-refractivity contribution in [2.45, 2.75) is 43.9 Å². The summed E-state index contributed by atoms with van der Waals surface area (Å²) in [5.74, 6) is -0.266. The number of hydrogen-bond acceptors (Lipinski definition) is 3. The summed E-state index contributed by atoms with van der Waals surface area (Å²) in [7, 11) is -2.98. The standard InChI is InChI=1S/C14H20FNO2S/c1-10-6-11(15)8-13(7-10)16-12-4-3-5-14(9-12)19(2,17)18/h6-8,12,14,16H,3-5,9H2,1-2H3. The summed E-state index contributed by atoms with van der Waals surface area (Å²) in [6.07, 6.45) is 4.46. The average molecular weight is 285 g/mol. The van der Waals surface area contributed by atoms with Crippen molar-refractivity contribution in [2.75, 3.05) is 11.6 Å². The maximum absolute atomic E-state index is 13.3. The molecule has 1 aliphatic carbocycles. The lowest BCUT2D eigenvalue weighted by atomic mass is 9.94. The number of halogens is 1. The van der Waals surface area contributed by atoms with Gasteiger partial charge in [-0.05, 0) is 49.9 Å². The second-order valence-corrected chi connectivity index (χ2v) is 7.80. The van der Waals surface area contributed by atoms with Crippen LogP contribution in [0.25, 0.3) is 0 Å². The molecule has 0 aliphatic heterocycles. The monoisotopic (exact) mass is 285 g/mol. The van der Waals surface area contributed by atoms with Crippen molar-refractivity contribution >= 4 is 15.5 Å². The predicted octanol–water partition coefficient (Wildman–Crippen LogP) is 2.90. The van der Waals surface area contributed by atoms with E-state index in [2.05, 4.69) is 5.32 Å². The van der Waals surface area contributed by atoms with E-state index in [4.69, 9.17) is 0 Å². The SMILES string of the molecule is Cc1cc(F)cc(NC2CCCC(S(C)(=O)=O)C2)c1. The summed E-state index contributed by atoms with van der Waals surface area (Å²) < 4.78 is 36.5. The summed E-state index contributed by atoms with van der Waals surface area (Å²) in [4.78, 5) is 0. The minimum atomic E-state index is -2.98. The van der Waals surface area contributed by atoms with Crippen LogP contribution in [0.15, 0.2) is 18.2 Å². The fourth-order valence-corrected chi connectivity index (χ4v) is 3.90. The Morgan fingerprint density at radius 2 is 2.00 bits per heavy atom. The molecule has 0 amide bonds. The van der Waals surface area contributed by atoms with Crippen LogP contribution in [0.1, 0.15) is 31.2 Å². The van der Waals surface area contributed by atoms with Crippen molar-refractivity contribution in [3.63, 3.8) is 0 Å². The molecule has 1 aromatic rings. The van der Waals surface area contributed by atoms with Gasteiger partial charge in [0, 0.05) is 18.0 Å². The molecule has 106 valence electrons. The smallest absolute Gasteiger partial charge is 0.150 e. The van der Waals surface area contributed by atoms with Gasteiger partial charge in [-0.3, -0.25) is 0 Å². The van der Waals surface area contributed by atoms with E-state index in [1.807, 2.05) is 13.0 Å². The normalized spacial score (nSPS) is 24.2. The van der Waals surface area contributed by atoms with Crippen LogP contribution in [-0.4, -0.2) is 26.0 Å². The number of nitrogens with one attached hydrogen (secondary N) is 1. The Kier molecular flexibility index (Phi) is 4.13. The van der Waals surface area contributed by atoms with Crippen LogP contribution in [0.4, 0.5) is 10.1 Å². The second-order valence-electron chi connectivity index (χ2n) is 5.48. The molecule has 1 fully saturated rings. The second kappa shape index (κ2) is 5.49. The summed E-state index contributed by atoms with van der Waals surface area (Å²) in [5, 5.41) is 2.99. The zero-order chi connectivity index (χ0) is 14.0. The molecule has 1 aliphatic rings. The van der Waals surface area contributed by atoms with Gasteiger partial charge in [0.2, 0.25) is 0 Å². The highest BCUT2D eigenvalue weighted by atomic mass is 32.2. The van der Waals surface area contributed by atoms with Crippen LogP contribution in [0, 0.1) is 12.7 Å². The van der Waals surface area contributed by atoms with Gasteiger partial charge in [0.15, 0.2) is 0 Å². The van der Waals surface area contributed by atoms with Gasteiger partial charge in [0.05, 0.1) is 5.25 Å². The number of rotatable bonds is 3. The van der Waals surface area contributed by atoms with Crippen LogP contribution in [0.5, 0.6) is 0 Å². The van der Waals surface area contributed by atoms with Gasteiger partial charge >= 0.3 is 0 Å². The Morgan fingerprint density at radius 1 is 1.26 bits per heavy atom. The van der Waals surface area contributed by atoms with E-state index < -0.39 is 9.84 Å². The third-order valence-corrected chi connectivity index (χ3v) is 5.28. The molecule has 1 N–H and O–H groups in total. The molecule has 5 heteroatoms. The molecule has 2 rings (SSSR count). The Labute approximate surface area is 114 Å². The fraction of sp³-hybridized carbons (Fsp3) is 0.571. The van der Waals surface area contributed by atoms with Crippen molar-refractivity contribution in [1.82, 2.24) is 0 Å². The zero-order valence-electron chi connectivity index (χ0n) is 11.3. The highest BCUT2D eigenvalue weighted by molar-refractivity contribution is 7.91. The van der Waals surface area contributed by atoms with Crippen molar-refractivity contribution in [2.24, 2.45) is 0 Å². The van der Waals surface area contributed by atoms with Crippen LogP contribution in [0.3, 0.4) is 0 Å². The molecule has 2 atom stereocenters. The van der Waals surface area contributed by atoms with Gasteiger partial charge < -0.3 is 5.32 Å². The maximum atomic E-state index is 13.3. The largest absolute Gasteiger partial charge is 0.382 e. The number of benzene rings is 1. The molecule has 0 radical (unpaired) electrons. The third kappa shape index (κ3) is 3.93. The Morgan fingerprint density at radius 3 is 2.63 bits per heavy atom. The first-order chi connectivity index (χ1) is 8.84. The quantitative estimate of drug-likeness (QED) is 0.929. The topological polar surface area (TPSA) is 46.2 Å². The van der Waals surface area contributed by atoms with Gasteiger partial charge in [0.1, 0.15) is 15.7 Å². The first-order valence-corrected chi connectivity index (χ1v) is 8.52. The third-order valence-electron chi connectivity index (χ3n) is 3.64. The van der Waals surface area contributed by atoms with Gasteiger partial charge in [-0.2, -0.15) is 0 Å². The summed E-state index contributed by atoms with van der Waals surface area (Å²) in [6.45, 7) is 1.84. The molecule has 1 saturated carbocycles. The number of hydrogen-bond donors (Lipinski definition) is 1. The maximum Gasteiger partial charge on any atom is 0.150 e. The van der Waals surface area contributed by atoms with Crippen molar-refractivity contribution in [1.29, 1.82) is 0 Å². The average Bonchev–Trinajstić information content (AvgIpc) is 2.26. The van der Waals surface area contributed by atoms with Gasteiger partial charge in [-0.1, -0.05) is 6.42 Å². The van der Waals surface area contributed by atoms with E-state index in [-0.39, 0.29) is 17.1 Å². The van der Waals surface area contributed by atoms with E-state index in [1.165, 1.54) is 18.4 Å². The Hall–Kier alpha value is -1.10. The molecular weight excluding hydrogens is 265 g/mol. The predicted molar refractivity (Wildman–Crippen MR) is 75.6 cm³/mol. The fourth-order valence-electron chi connectivity index (χ4n) is 2.72. The van der Waals surface area contributed by atoms with E-state index >= 15 is 0 Å². The number of anilines is 1. The van der Waals surface area contributed by atoms with E-state index in [0.29, 0.717) is 6.42 Å². The Bertz CT molecular complexity index is 536. The molecule has 0 aromatic heterocycles. The lowest BCUT2D eigenvalue weighted by molar-refractivity contribution is 0.452. The first-order valence-electron chi connectivity index (χ1n) is 6.57. The van der Waals surface area contributed by atoms with Gasteiger partial charge in [-0.25, -0.2) is 12.8 Å². The van der Waals surface area contributed by atoms with E-state index in [9.17, 15) is 12.8 Å². The molecular formula is C14H20FNO2S. The molecule has 1 aromatic carbocycles. The van der Waals surface area contributed by atoms with Gasteiger partial charge in [-0.15, -0.1) is 0 Å². The summed E-state index contributed by atoms with van der Waals surface area (Å²) in [5.41, 5.74) is 1.59. The summed E-state index contributed by atoms with van der Waals surface area (Å²) >= 11 is 0. The minimum absolute atomic E-state index is 0.106. The van der Waals surface area contributed by atoms with Gasteiger partial charge in [0.25, 0.3) is 0 Å². The van der Waals surface area contributed by atoms with Crippen LogP contribution < -0.4 is 5.32 Å². The lowest BCUT2D eigenvalue weighted by Crippen LogP contribution is -2.34. The molecule has 2 unspecified atom stereocenters. The highest BCUT2D eigenvalue weighted by Gasteiger charge is 2.28. The number of sulfone groups is 1. The van der Waals surface area contributed by atoms with E-state index in [0.717, 1.165) is 30.5 Å². The molecule has 3 nitrogen and oxygen atoms in total. The van der Waals surface area contributed by atoms with Crippen LogP contribution in [-0.2, 0) is 9.84 Å². The minimum Gasteiger partial charge on any atom is -0.382 e. The van der Waals surface area contributed by atoms with Crippen LogP contribution in [0.2, 0.25) is 0 Å². The van der Waals surface area contributed by atoms with Crippen LogP contribution >= 0.6 is 0 Å². The highest BCUT2D eigenvalue weighted by Crippen LogP contribution is 2.26. The lowest BCUT2D eigenvalue weighted by Gasteiger charge is -2.29.